The van der Waals surface area contributed by atoms with Crippen LogP contribution in [0.5, 0.6) is 0 Å². The third-order valence-corrected chi connectivity index (χ3v) is 4.30. The number of rotatable bonds is 3. The van der Waals surface area contributed by atoms with E-state index in [0.717, 1.165) is 0 Å². The Kier molecular flexibility index (Phi) is 3.28. The predicted octanol–water partition coefficient (Wildman–Crippen LogP) is -1.22. The fourth-order valence-electron chi connectivity index (χ4n) is 2.92. The highest BCUT2D eigenvalue weighted by molar-refractivity contribution is 6.08. The Labute approximate surface area is 125 Å². The largest absolute Gasteiger partial charge is 0.391 e. The van der Waals surface area contributed by atoms with Gasteiger partial charge in [0.15, 0.2) is 5.72 Å². The molecule has 3 atom stereocenters. The zero-order valence-corrected chi connectivity index (χ0v) is 11.9. The molecule has 1 fully saturated rings. The Bertz CT molecular complexity index is 745. The van der Waals surface area contributed by atoms with E-state index in [4.69, 9.17) is 16.2 Å². The van der Waals surface area contributed by atoms with Gasteiger partial charge in [-0.1, -0.05) is 6.92 Å². The maximum atomic E-state index is 11.7. The van der Waals surface area contributed by atoms with E-state index in [2.05, 4.69) is 9.97 Å². The molecule has 3 heterocycles. The molecule has 6 N–H and O–H groups in total. The summed E-state index contributed by atoms with van der Waals surface area (Å²) in [7, 11) is 0. The van der Waals surface area contributed by atoms with Crippen LogP contribution in [0.4, 0.5) is 5.82 Å². The van der Waals surface area contributed by atoms with Crippen molar-refractivity contribution in [1.29, 1.82) is 0 Å². The molecule has 1 aliphatic heterocycles. The maximum Gasteiger partial charge on any atom is 0.251 e. The molecule has 0 aliphatic carbocycles. The second-order valence-corrected chi connectivity index (χ2v) is 5.40. The molecule has 9 heteroatoms. The van der Waals surface area contributed by atoms with Crippen LogP contribution in [0.2, 0.25) is 0 Å². The SMILES string of the molecule is C[C@H]1[C@@H](O)CO[C@]1(CO)n1cc(C(N)=O)c2c(N)ncnc21. The Morgan fingerprint density at radius 2 is 2.32 bits per heavy atom. The number of hydrogen-bond donors (Lipinski definition) is 4. The van der Waals surface area contributed by atoms with Crippen LogP contribution < -0.4 is 11.5 Å². The molecule has 0 unspecified atom stereocenters. The number of aliphatic hydroxyl groups is 2. The predicted molar refractivity (Wildman–Crippen MR) is 76.6 cm³/mol. The lowest BCUT2D eigenvalue weighted by molar-refractivity contribution is -0.118. The molecule has 0 spiro atoms. The van der Waals surface area contributed by atoms with Crippen molar-refractivity contribution in [3.05, 3.63) is 18.1 Å². The number of amides is 1. The molecule has 1 aliphatic rings. The highest BCUT2D eigenvalue weighted by Crippen LogP contribution is 2.40. The van der Waals surface area contributed by atoms with Crippen LogP contribution in [0.25, 0.3) is 11.0 Å². The maximum absolute atomic E-state index is 11.7. The number of nitrogens with zero attached hydrogens (tertiary/aromatic N) is 3. The molecule has 118 valence electrons. The number of hydrogen-bond acceptors (Lipinski definition) is 7. The van der Waals surface area contributed by atoms with Gasteiger partial charge in [0.05, 0.1) is 30.3 Å². The van der Waals surface area contributed by atoms with Gasteiger partial charge in [-0.05, 0) is 0 Å². The molecule has 9 nitrogen and oxygen atoms in total. The minimum Gasteiger partial charge on any atom is -0.391 e. The molecular formula is C13H17N5O4. The first-order chi connectivity index (χ1) is 10.4. The summed E-state index contributed by atoms with van der Waals surface area (Å²) in [4.78, 5) is 19.7. The second kappa shape index (κ2) is 4.90. The van der Waals surface area contributed by atoms with Gasteiger partial charge in [0.1, 0.15) is 17.8 Å². The number of aromatic nitrogens is 3. The van der Waals surface area contributed by atoms with Crippen molar-refractivity contribution >= 4 is 22.8 Å². The standard InChI is InChI=1S/C13H17N5O4/c1-6-8(20)3-22-13(6,4-19)18-2-7(11(15)21)9-10(14)16-5-17-12(9)18/h2,5-6,8,19-20H,3-4H2,1H3,(H2,15,21)(H2,14,16,17)/t6-,8-,13-/m0/s1. The van der Waals surface area contributed by atoms with Gasteiger partial charge in [-0.2, -0.15) is 0 Å². The van der Waals surface area contributed by atoms with Gasteiger partial charge in [0.2, 0.25) is 0 Å². The van der Waals surface area contributed by atoms with E-state index in [-0.39, 0.29) is 18.0 Å². The van der Waals surface area contributed by atoms with Crippen LogP contribution in [-0.4, -0.2) is 50.0 Å². The summed E-state index contributed by atoms with van der Waals surface area (Å²) in [6.07, 6.45) is 1.93. The van der Waals surface area contributed by atoms with Gasteiger partial charge in [-0.25, -0.2) is 9.97 Å². The third kappa shape index (κ3) is 1.79. The molecular weight excluding hydrogens is 290 g/mol. The fourth-order valence-corrected chi connectivity index (χ4v) is 2.92. The van der Waals surface area contributed by atoms with Gasteiger partial charge in [-0.15, -0.1) is 0 Å². The average molecular weight is 307 g/mol. The van der Waals surface area contributed by atoms with Crippen molar-refractivity contribution in [2.45, 2.75) is 18.8 Å². The number of nitrogens with two attached hydrogens (primary N) is 2. The summed E-state index contributed by atoms with van der Waals surface area (Å²) >= 11 is 0. The Morgan fingerprint density at radius 1 is 1.59 bits per heavy atom. The second-order valence-electron chi connectivity index (χ2n) is 5.40. The van der Waals surface area contributed by atoms with Crippen LogP contribution in [0.3, 0.4) is 0 Å². The number of carbonyl (C=O) groups is 1. The van der Waals surface area contributed by atoms with Crippen LogP contribution in [0.1, 0.15) is 17.3 Å². The van der Waals surface area contributed by atoms with Gasteiger partial charge in [0, 0.05) is 12.1 Å². The summed E-state index contributed by atoms with van der Waals surface area (Å²) in [5.74, 6) is -1.01. The first-order valence-corrected chi connectivity index (χ1v) is 6.77. The fraction of sp³-hybridized carbons (Fsp3) is 0.462. The molecule has 2 aromatic rings. The van der Waals surface area contributed by atoms with Crippen molar-refractivity contribution in [3.63, 3.8) is 0 Å². The average Bonchev–Trinajstić information content (AvgIpc) is 3.01. The summed E-state index contributed by atoms with van der Waals surface area (Å²) in [5, 5.41) is 20.2. The van der Waals surface area contributed by atoms with E-state index in [9.17, 15) is 15.0 Å². The lowest BCUT2D eigenvalue weighted by Crippen LogP contribution is -2.43. The first kappa shape index (κ1) is 14.7. The van der Waals surface area contributed by atoms with Gasteiger partial charge >= 0.3 is 0 Å². The Morgan fingerprint density at radius 3 is 2.86 bits per heavy atom. The molecule has 3 rings (SSSR count). The lowest BCUT2D eigenvalue weighted by Gasteiger charge is -2.33. The monoisotopic (exact) mass is 307 g/mol. The number of nitrogen functional groups attached to an aromatic ring is 1. The Hall–Kier alpha value is -2.23. The third-order valence-electron chi connectivity index (χ3n) is 4.30. The summed E-state index contributed by atoms with van der Waals surface area (Å²) < 4.78 is 7.15. The van der Waals surface area contributed by atoms with Crippen LogP contribution in [0.15, 0.2) is 12.5 Å². The molecule has 0 saturated carbocycles. The molecule has 0 radical (unpaired) electrons. The zero-order chi connectivity index (χ0) is 16.1. The summed E-state index contributed by atoms with van der Waals surface area (Å²) in [5.41, 5.74) is 10.4. The summed E-state index contributed by atoms with van der Waals surface area (Å²) in [6.45, 7) is 1.40. The van der Waals surface area contributed by atoms with Crippen molar-refractivity contribution in [2.75, 3.05) is 18.9 Å². The minimum absolute atomic E-state index is 0.0634. The highest BCUT2D eigenvalue weighted by Gasteiger charge is 2.49. The number of carbonyl (C=O) groups excluding carboxylic acids is 1. The van der Waals surface area contributed by atoms with E-state index in [1.165, 1.54) is 17.1 Å². The van der Waals surface area contributed by atoms with E-state index >= 15 is 0 Å². The molecule has 1 saturated heterocycles. The Balaban J connectivity index is 2.32. The molecule has 0 bridgehead atoms. The van der Waals surface area contributed by atoms with Gasteiger partial charge in [-0.3, -0.25) is 9.36 Å². The van der Waals surface area contributed by atoms with Gasteiger partial charge in [0.25, 0.3) is 5.91 Å². The molecule has 1 amide bonds. The normalized spacial score (nSPS) is 28.3. The van der Waals surface area contributed by atoms with Crippen LogP contribution in [-0.2, 0) is 10.5 Å². The van der Waals surface area contributed by atoms with Crippen molar-refractivity contribution in [3.8, 4) is 0 Å². The minimum atomic E-state index is -1.24. The van der Waals surface area contributed by atoms with Crippen LogP contribution >= 0.6 is 0 Å². The molecule has 22 heavy (non-hydrogen) atoms. The van der Waals surface area contributed by atoms with Crippen molar-refractivity contribution < 1.29 is 19.7 Å². The van der Waals surface area contributed by atoms with Crippen molar-refractivity contribution in [2.24, 2.45) is 11.7 Å². The van der Waals surface area contributed by atoms with E-state index in [1.54, 1.807) is 6.92 Å². The van der Waals surface area contributed by atoms with Crippen LogP contribution in [0, 0.1) is 5.92 Å². The quantitative estimate of drug-likeness (QED) is 0.555. The first-order valence-electron chi connectivity index (χ1n) is 6.77. The number of primary amides is 1. The number of aliphatic hydroxyl groups excluding tert-OH is 2. The van der Waals surface area contributed by atoms with Crippen molar-refractivity contribution in [1.82, 2.24) is 14.5 Å². The molecule has 2 aromatic heterocycles. The van der Waals surface area contributed by atoms with Gasteiger partial charge < -0.3 is 26.4 Å². The molecule has 0 aromatic carbocycles. The van der Waals surface area contributed by atoms with E-state index < -0.39 is 30.3 Å². The zero-order valence-electron chi connectivity index (χ0n) is 11.9. The smallest absolute Gasteiger partial charge is 0.251 e. The number of fused-ring (bicyclic) bond motifs is 1. The topological polar surface area (TPSA) is 150 Å². The summed E-state index contributed by atoms with van der Waals surface area (Å²) in [6, 6.07) is 0. The lowest BCUT2D eigenvalue weighted by atomic mass is 9.95. The van der Waals surface area contributed by atoms with E-state index in [0.29, 0.717) is 11.0 Å². The van der Waals surface area contributed by atoms with E-state index in [1.807, 2.05) is 0 Å². The number of anilines is 1. The number of ether oxygens (including phenoxy) is 1. The highest BCUT2D eigenvalue weighted by atomic mass is 16.5.